The minimum atomic E-state index is -0.483. The van der Waals surface area contributed by atoms with Gasteiger partial charge in [0, 0.05) is 11.5 Å². The highest BCUT2D eigenvalue weighted by atomic mass is 32.1. The van der Waals surface area contributed by atoms with Crippen LogP contribution < -0.4 is 24.2 Å². The number of Topliss-reactive ketones (excluding diaryl/α,β-unsaturated/α-hetero) is 1. The van der Waals surface area contributed by atoms with Crippen molar-refractivity contribution in [2.45, 2.75) is 41.0 Å². The van der Waals surface area contributed by atoms with E-state index in [0.29, 0.717) is 33.2 Å². The van der Waals surface area contributed by atoms with Gasteiger partial charge in [0.25, 0.3) is 5.56 Å². The van der Waals surface area contributed by atoms with Crippen LogP contribution in [-0.4, -0.2) is 24.5 Å². The van der Waals surface area contributed by atoms with Crippen molar-refractivity contribution in [1.82, 2.24) is 4.98 Å². The number of hydrogen-bond acceptors (Lipinski definition) is 5. The van der Waals surface area contributed by atoms with E-state index in [1.54, 1.807) is 13.2 Å². The maximum Gasteiger partial charge on any atom is 0.266 e. The van der Waals surface area contributed by atoms with Crippen molar-refractivity contribution in [2.24, 2.45) is 11.3 Å². The minimum absolute atomic E-state index is 0.0267. The third kappa shape index (κ3) is 6.09. The summed E-state index contributed by atoms with van der Waals surface area (Å²) >= 11 is 1.26. The minimum Gasteiger partial charge on any atom is -0.493 e. The second kappa shape index (κ2) is 9.24. The summed E-state index contributed by atoms with van der Waals surface area (Å²) in [5, 5.41) is 0. The molecule has 152 valence electrons. The summed E-state index contributed by atoms with van der Waals surface area (Å²) in [5.74, 6) is 1.85. The molecule has 1 N–H and O–H groups in total. The van der Waals surface area contributed by atoms with Gasteiger partial charge in [0.05, 0.1) is 22.9 Å². The number of methoxy groups -OCH3 is 1. The van der Waals surface area contributed by atoms with Gasteiger partial charge in [-0.2, -0.15) is 0 Å². The smallest absolute Gasteiger partial charge is 0.266 e. The molecule has 1 aromatic carbocycles. The van der Waals surface area contributed by atoms with Gasteiger partial charge < -0.3 is 14.5 Å². The fourth-order valence-electron chi connectivity index (χ4n) is 2.31. The lowest BCUT2D eigenvalue weighted by atomic mass is 9.91. The Labute approximate surface area is 169 Å². The molecule has 0 atom stereocenters. The molecule has 1 aromatic heterocycles. The van der Waals surface area contributed by atoms with Gasteiger partial charge in [-0.15, -0.1) is 11.3 Å². The second-order valence-electron chi connectivity index (χ2n) is 8.13. The third-order valence-electron chi connectivity index (χ3n) is 4.12. The number of rotatable bonds is 7. The largest absolute Gasteiger partial charge is 0.493 e. The SMILES string of the molecule is COc1cc(/C=c2/s/c(=C/C(=O)C(C)(C)C)[nH]c2=O)ccc1OCCC(C)C. The normalized spacial score (nSPS) is 13.2. The van der Waals surface area contributed by atoms with E-state index in [2.05, 4.69) is 18.8 Å². The van der Waals surface area contributed by atoms with Gasteiger partial charge in [0.1, 0.15) is 0 Å². The van der Waals surface area contributed by atoms with E-state index in [9.17, 15) is 9.59 Å². The number of benzene rings is 1. The van der Waals surface area contributed by atoms with Crippen molar-refractivity contribution in [3.63, 3.8) is 0 Å². The van der Waals surface area contributed by atoms with Crippen LogP contribution in [0.1, 0.15) is 46.6 Å². The number of thiazole rings is 1. The number of H-pyrrole nitrogens is 1. The summed E-state index contributed by atoms with van der Waals surface area (Å²) < 4.78 is 12.3. The molecule has 2 rings (SSSR count). The Morgan fingerprint density at radius 3 is 2.57 bits per heavy atom. The molecule has 0 unspecified atom stereocenters. The first kappa shape index (κ1) is 22.0. The molecule has 1 heterocycles. The van der Waals surface area contributed by atoms with Crippen molar-refractivity contribution >= 4 is 29.3 Å². The number of aromatic nitrogens is 1. The predicted octanol–water partition coefficient (Wildman–Crippen LogP) is 3.09. The van der Waals surface area contributed by atoms with Gasteiger partial charge in [-0.1, -0.05) is 40.7 Å². The van der Waals surface area contributed by atoms with Gasteiger partial charge in [0.15, 0.2) is 17.3 Å². The monoisotopic (exact) mass is 403 g/mol. The quantitative estimate of drug-likeness (QED) is 0.771. The molecule has 0 amide bonds. The zero-order valence-corrected chi connectivity index (χ0v) is 18.2. The lowest BCUT2D eigenvalue weighted by Crippen LogP contribution is -2.22. The van der Waals surface area contributed by atoms with E-state index in [0.717, 1.165) is 12.0 Å². The van der Waals surface area contributed by atoms with Crippen molar-refractivity contribution in [1.29, 1.82) is 0 Å². The van der Waals surface area contributed by atoms with Crippen LogP contribution in [0, 0.1) is 11.3 Å². The van der Waals surface area contributed by atoms with Crippen LogP contribution in [0.2, 0.25) is 0 Å². The number of ketones is 1. The summed E-state index contributed by atoms with van der Waals surface area (Å²) in [6.45, 7) is 10.5. The fourth-order valence-corrected chi connectivity index (χ4v) is 3.19. The number of carbonyl (C=O) groups is 1. The highest BCUT2D eigenvalue weighted by Crippen LogP contribution is 2.28. The Morgan fingerprint density at radius 2 is 1.96 bits per heavy atom. The van der Waals surface area contributed by atoms with Crippen molar-refractivity contribution in [3.05, 3.63) is 43.3 Å². The number of carbonyl (C=O) groups excluding carboxylic acids is 1. The van der Waals surface area contributed by atoms with E-state index in [1.807, 2.05) is 39.0 Å². The Balaban J connectivity index is 2.32. The molecule has 5 nitrogen and oxygen atoms in total. The van der Waals surface area contributed by atoms with Crippen LogP contribution in [0.4, 0.5) is 0 Å². The molecule has 0 aliphatic rings. The fraction of sp³-hybridized carbons (Fsp3) is 0.455. The lowest BCUT2D eigenvalue weighted by molar-refractivity contribution is -0.119. The summed E-state index contributed by atoms with van der Waals surface area (Å²) in [6.07, 6.45) is 4.24. The Kier molecular flexibility index (Phi) is 7.24. The molecule has 0 aliphatic heterocycles. The maximum atomic E-state index is 12.2. The van der Waals surface area contributed by atoms with E-state index in [1.165, 1.54) is 17.4 Å². The van der Waals surface area contributed by atoms with Gasteiger partial charge in [-0.25, -0.2) is 0 Å². The Hall–Kier alpha value is -2.34. The summed E-state index contributed by atoms with van der Waals surface area (Å²) in [5.41, 5.74) is 0.132. The second-order valence-corrected chi connectivity index (χ2v) is 9.21. The molecule has 0 bridgehead atoms. The van der Waals surface area contributed by atoms with Crippen molar-refractivity contribution in [2.75, 3.05) is 13.7 Å². The average Bonchev–Trinajstić information content (AvgIpc) is 2.93. The zero-order valence-electron chi connectivity index (χ0n) is 17.4. The number of nitrogens with one attached hydrogen (secondary N) is 1. The molecule has 0 saturated heterocycles. The van der Waals surface area contributed by atoms with Crippen LogP contribution in [0.5, 0.6) is 11.5 Å². The summed E-state index contributed by atoms with van der Waals surface area (Å²) in [4.78, 5) is 27.1. The zero-order chi connectivity index (χ0) is 20.9. The van der Waals surface area contributed by atoms with Gasteiger partial charge in [-0.3, -0.25) is 9.59 Å². The van der Waals surface area contributed by atoms with E-state index < -0.39 is 5.41 Å². The number of hydrogen-bond donors (Lipinski definition) is 1. The van der Waals surface area contributed by atoms with Crippen LogP contribution in [0.15, 0.2) is 23.0 Å². The molecule has 0 saturated carbocycles. The summed E-state index contributed by atoms with van der Waals surface area (Å²) in [7, 11) is 1.59. The average molecular weight is 404 g/mol. The first-order valence-electron chi connectivity index (χ1n) is 9.38. The van der Waals surface area contributed by atoms with E-state index in [-0.39, 0.29) is 11.3 Å². The van der Waals surface area contributed by atoms with Gasteiger partial charge >= 0.3 is 0 Å². The molecular formula is C22H29NO4S. The number of aromatic amines is 1. The molecule has 2 aromatic rings. The van der Waals surface area contributed by atoms with Crippen LogP contribution in [0.25, 0.3) is 12.2 Å². The van der Waals surface area contributed by atoms with Crippen LogP contribution >= 0.6 is 11.3 Å². The molecular weight excluding hydrogens is 374 g/mol. The molecule has 0 fully saturated rings. The lowest BCUT2D eigenvalue weighted by Gasteiger charge is -2.12. The standard InChI is InChI=1S/C22H29NO4S/c1-14(2)9-10-27-16-8-7-15(11-17(16)26-6)12-18-21(25)23-20(28-18)13-19(24)22(3,4)5/h7-8,11-14H,9-10H2,1-6H3,(H,23,25)/b18-12+,20-13+. The molecule has 0 radical (unpaired) electrons. The highest BCUT2D eigenvalue weighted by Gasteiger charge is 2.18. The first-order valence-corrected chi connectivity index (χ1v) is 10.2. The van der Waals surface area contributed by atoms with Crippen LogP contribution in [0.3, 0.4) is 0 Å². The highest BCUT2D eigenvalue weighted by molar-refractivity contribution is 7.07. The summed E-state index contributed by atoms with van der Waals surface area (Å²) in [6, 6.07) is 5.58. The topological polar surface area (TPSA) is 68.4 Å². The predicted molar refractivity (Wildman–Crippen MR) is 115 cm³/mol. The van der Waals surface area contributed by atoms with Crippen molar-refractivity contribution < 1.29 is 14.3 Å². The molecule has 0 spiro atoms. The maximum absolute atomic E-state index is 12.2. The van der Waals surface area contributed by atoms with Gasteiger partial charge in [0.2, 0.25) is 0 Å². The van der Waals surface area contributed by atoms with Gasteiger partial charge in [-0.05, 0) is 36.1 Å². The number of ether oxygens (including phenoxy) is 2. The van der Waals surface area contributed by atoms with Crippen molar-refractivity contribution in [3.8, 4) is 11.5 Å². The molecule has 28 heavy (non-hydrogen) atoms. The Bertz CT molecular complexity index is 993. The van der Waals surface area contributed by atoms with E-state index >= 15 is 0 Å². The van der Waals surface area contributed by atoms with E-state index in [4.69, 9.17) is 9.47 Å². The Morgan fingerprint density at radius 1 is 1.25 bits per heavy atom. The molecule has 0 aliphatic carbocycles. The molecule has 6 heteroatoms. The first-order chi connectivity index (χ1) is 13.1. The van der Waals surface area contributed by atoms with Crippen LogP contribution in [-0.2, 0) is 4.79 Å². The third-order valence-corrected chi connectivity index (χ3v) is 5.08.